The Bertz CT molecular complexity index is 376. The minimum Gasteiger partial charge on any atom is -0.480 e. The van der Waals surface area contributed by atoms with E-state index in [2.05, 4.69) is 4.72 Å². The van der Waals surface area contributed by atoms with E-state index in [1.807, 2.05) is 6.92 Å². The zero-order chi connectivity index (χ0) is 13.1. The molecule has 0 saturated heterocycles. The average Bonchev–Trinajstić information content (AvgIpc) is 2.19. The second kappa shape index (κ2) is 5.32. The van der Waals surface area contributed by atoms with Crippen molar-refractivity contribution in [3.05, 3.63) is 0 Å². The van der Waals surface area contributed by atoms with Crippen LogP contribution in [0.15, 0.2) is 0 Å². The largest absolute Gasteiger partial charge is 0.480 e. The first-order valence-electron chi connectivity index (χ1n) is 5.83. The van der Waals surface area contributed by atoms with Gasteiger partial charge in [0.2, 0.25) is 0 Å². The summed E-state index contributed by atoms with van der Waals surface area (Å²) in [4.78, 5) is 11.1. The van der Waals surface area contributed by atoms with Crippen molar-refractivity contribution in [2.45, 2.75) is 44.6 Å². The van der Waals surface area contributed by atoms with E-state index in [0.717, 1.165) is 19.3 Å². The molecule has 6 nitrogen and oxygen atoms in total. The number of carboxylic acids is 1. The number of carboxylic acid groups (broad SMARTS) is 1. The average molecular weight is 264 g/mol. The van der Waals surface area contributed by atoms with Gasteiger partial charge in [-0.25, -0.2) is 0 Å². The van der Waals surface area contributed by atoms with Gasteiger partial charge >= 0.3 is 5.97 Å². The third-order valence-corrected chi connectivity index (χ3v) is 4.83. The lowest BCUT2D eigenvalue weighted by molar-refractivity contribution is -0.147. The molecule has 2 N–H and O–H groups in total. The minimum absolute atomic E-state index is 0.364. The first-order chi connectivity index (χ1) is 7.84. The normalized spacial score (nSPS) is 19.0. The molecule has 0 aliphatic heterocycles. The zero-order valence-electron chi connectivity index (χ0n) is 10.3. The number of aliphatic carboxylic acids is 1. The molecule has 1 aliphatic carbocycles. The SMILES string of the molecule is CCCCN(C)S(=O)(=O)NC1(C(=O)O)CCC1. The maximum Gasteiger partial charge on any atom is 0.324 e. The summed E-state index contributed by atoms with van der Waals surface area (Å²) < 4.78 is 27.3. The highest BCUT2D eigenvalue weighted by Crippen LogP contribution is 2.33. The van der Waals surface area contributed by atoms with Crippen LogP contribution in [0.5, 0.6) is 0 Å². The molecule has 100 valence electrons. The molecule has 1 fully saturated rings. The van der Waals surface area contributed by atoms with Crippen molar-refractivity contribution < 1.29 is 18.3 Å². The summed E-state index contributed by atoms with van der Waals surface area (Å²) in [5.41, 5.74) is -1.28. The van der Waals surface area contributed by atoms with Gasteiger partial charge in [-0.1, -0.05) is 13.3 Å². The number of rotatable bonds is 7. The van der Waals surface area contributed by atoms with Crippen molar-refractivity contribution in [2.24, 2.45) is 0 Å². The number of unbranched alkanes of at least 4 members (excludes halogenated alkanes) is 1. The van der Waals surface area contributed by atoms with Gasteiger partial charge in [-0.05, 0) is 25.7 Å². The molecule has 0 heterocycles. The van der Waals surface area contributed by atoms with E-state index in [0.29, 0.717) is 19.4 Å². The van der Waals surface area contributed by atoms with Crippen LogP contribution in [-0.2, 0) is 15.0 Å². The van der Waals surface area contributed by atoms with Crippen LogP contribution in [0, 0.1) is 0 Å². The summed E-state index contributed by atoms with van der Waals surface area (Å²) in [5.74, 6) is -1.09. The van der Waals surface area contributed by atoms with Gasteiger partial charge < -0.3 is 5.11 Å². The van der Waals surface area contributed by atoms with E-state index in [1.165, 1.54) is 11.4 Å². The number of nitrogens with one attached hydrogen (secondary N) is 1. The molecule has 1 aliphatic rings. The summed E-state index contributed by atoms with van der Waals surface area (Å²) in [6, 6.07) is 0. The maximum absolute atomic E-state index is 11.9. The molecule has 0 atom stereocenters. The summed E-state index contributed by atoms with van der Waals surface area (Å²) in [6.07, 6.45) is 3.13. The van der Waals surface area contributed by atoms with Crippen LogP contribution in [-0.4, -0.2) is 42.9 Å². The van der Waals surface area contributed by atoms with E-state index in [9.17, 15) is 13.2 Å². The fraction of sp³-hybridized carbons (Fsp3) is 0.900. The molecule has 0 unspecified atom stereocenters. The van der Waals surface area contributed by atoms with Crippen molar-refractivity contribution in [2.75, 3.05) is 13.6 Å². The Morgan fingerprint density at radius 1 is 1.47 bits per heavy atom. The predicted molar refractivity (Wildman–Crippen MR) is 63.8 cm³/mol. The molecular formula is C10H20N2O4S. The van der Waals surface area contributed by atoms with E-state index >= 15 is 0 Å². The molecule has 0 aromatic carbocycles. The number of hydrogen-bond acceptors (Lipinski definition) is 3. The van der Waals surface area contributed by atoms with Gasteiger partial charge in [0.25, 0.3) is 10.2 Å². The van der Waals surface area contributed by atoms with Crippen LogP contribution >= 0.6 is 0 Å². The summed E-state index contributed by atoms with van der Waals surface area (Å²) >= 11 is 0. The molecule has 0 aromatic rings. The van der Waals surface area contributed by atoms with Crippen LogP contribution in [0.25, 0.3) is 0 Å². The highest BCUT2D eigenvalue weighted by Gasteiger charge is 2.47. The molecule has 0 bridgehead atoms. The highest BCUT2D eigenvalue weighted by atomic mass is 32.2. The molecule has 1 rings (SSSR count). The van der Waals surface area contributed by atoms with E-state index in [1.54, 1.807) is 0 Å². The van der Waals surface area contributed by atoms with Gasteiger partial charge in [-0.3, -0.25) is 4.79 Å². The second-order valence-corrected chi connectivity index (χ2v) is 6.30. The summed E-state index contributed by atoms with van der Waals surface area (Å²) in [6.45, 7) is 2.38. The van der Waals surface area contributed by atoms with Gasteiger partial charge in [0.1, 0.15) is 5.54 Å². The Morgan fingerprint density at radius 2 is 2.06 bits per heavy atom. The third kappa shape index (κ3) is 3.17. The van der Waals surface area contributed by atoms with Crippen molar-refractivity contribution in [3.8, 4) is 0 Å². The molecule has 0 spiro atoms. The highest BCUT2D eigenvalue weighted by molar-refractivity contribution is 7.87. The summed E-state index contributed by atoms with van der Waals surface area (Å²) in [7, 11) is -2.23. The van der Waals surface area contributed by atoms with E-state index < -0.39 is 21.7 Å². The molecule has 7 heteroatoms. The first-order valence-corrected chi connectivity index (χ1v) is 7.27. The smallest absolute Gasteiger partial charge is 0.324 e. The molecular weight excluding hydrogens is 244 g/mol. The second-order valence-electron chi connectivity index (χ2n) is 4.52. The Morgan fingerprint density at radius 3 is 2.41 bits per heavy atom. The Labute approximate surface area is 102 Å². The van der Waals surface area contributed by atoms with Gasteiger partial charge in [0, 0.05) is 13.6 Å². The fourth-order valence-electron chi connectivity index (χ4n) is 1.72. The van der Waals surface area contributed by atoms with Gasteiger partial charge in [0.05, 0.1) is 0 Å². The lowest BCUT2D eigenvalue weighted by atomic mass is 9.78. The Kier molecular flexibility index (Phi) is 4.51. The summed E-state index contributed by atoms with van der Waals surface area (Å²) in [5, 5.41) is 9.06. The third-order valence-electron chi connectivity index (χ3n) is 3.18. The topological polar surface area (TPSA) is 86.7 Å². The van der Waals surface area contributed by atoms with Crippen LogP contribution in [0.3, 0.4) is 0 Å². The van der Waals surface area contributed by atoms with Gasteiger partial charge in [-0.15, -0.1) is 0 Å². The minimum atomic E-state index is -3.69. The molecule has 17 heavy (non-hydrogen) atoms. The lowest BCUT2D eigenvalue weighted by Crippen LogP contribution is -2.61. The van der Waals surface area contributed by atoms with Crippen molar-refractivity contribution in [1.82, 2.24) is 9.03 Å². The van der Waals surface area contributed by atoms with Crippen molar-refractivity contribution >= 4 is 16.2 Å². The molecule has 0 radical (unpaired) electrons. The standard InChI is InChI=1S/C10H20N2O4S/c1-3-4-8-12(2)17(15,16)11-10(9(13)14)6-5-7-10/h11H,3-8H2,1-2H3,(H,13,14). The number of carbonyl (C=O) groups is 1. The van der Waals surface area contributed by atoms with Gasteiger partial charge in [0.15, 0.2) is 0 Å². The van der Waals surface area contributed by atoms with E-state index in [4.69, 9.17) is 5.11 Å². The molecule has 0 aromatic heterocycles. The lowest BCUT2D eigenvalue weighted by Gasteiger charge is -2.38. The van der Waals surface area contributed by atoms with Crippen LogP contribution in [0.4, 0.5) is 0 Å². The molecule has 0 amide bonds. The first kappa shape index (κ1) is 14.4. The predicted octanol–water partition coefficient (Wildman–Crippen LogP) is 0.560. The van der Waals surface area contributed by atoms with Crippen LogP contribution in [0.2, 0.25) is 0 Å². The van der Waals surface area contributed by atoms with Gasteiger partial charge in [-0.2, -0.15) is 17.4 Å². The van der Waals surface area contributed by atoms with Crippen molar-refractivity contribution in [3.63, 3.8) is 0 Å². The van der Waals surface area contributed by atoms with E-state index in [-0.39, 0.29) is 0 Å². The Balaban J connectivity index is 2.68. The van der Waals surface area contributed by atoms with Crippen LogP contribution < -0.4 is 4.72 Å². The molecule has 1 saturated carbocycles. The van der Waals surface area contributed by atoms with Crippen molar-refractivity contribution in [1.29, 1.82) is 0 Å². The maximum atomic E-state index is 11.9. The quantitative estimate of drug-likeness (QED) is 0.703. The Hall–Kier alpha value is -0.660. The number of nitrogens with zero attached hydrogens (tertiary/aromatic N) is 1. The number of hydrogen-bond donors (Lipinski definition) is 2. The monoisotopic (exact) mass is 264 g/mol. The fourth-order valence-corrected chi connectivity index (χ4v) is 3.03. The van der Waals surface area contributed by atoms with Crippen LogP contribution in [0.1, 0.15) is 39.0 Å². The zero-order valence-corrected chi connectivity index (χ0v) is 11.1.